The van der Waals surface area contributed by atoms with E-state index in [0.717, 1.165) is 21.9 Å². The first kappa shape index (κ1) is 19.2. The summed E-state index contributed by atoms with van der Waals surface area (Å²) in [7, 11) is 0. The second-order valence-corrected chi connectivity index (χ2v) is 6.78. The second kappa shape index (κ2) is 8.49. The van der Waals surface area contributed by atoms with Gasteiger partial charge in [-0.2, -0.15) is 0 Å². The molecule has 0 aromatic heterocycles. The van der Waals surface area contributed by atoms with Crippen LogP contribution in [0.4, 0.5) is 5.69 Å². The summed E-state index contributed by atoms with van der Waals surface area (Å²) in [6, 6.07) is 28.3. The summed E-state index contributed by atoms with van der Waals surface area (Å²) in [5.74, 6) is -0.939. The molecular weight excluding hydrogens is 378 g/mol. The first-order chi connectivity index (χ1) is 14.6. The molecule has 0 radical (unpaired) electrons. The van der Waals surface area contributed by atoms with Crippen molar-refractivity contribution in [3.63, 3.8) is 0 Å². The number of benzene rings is 4. The number of hydrogen-bond acceptors (Lipinski definition) is 3. The third-order valence-electron chi connectivity index (χ3n) is 4.67. The van der Waals surface area contributed by atoms with E-state index in [2.05, 4.69) is 11.4 Å². The van der Waals surface area contributed by atoms with E-state index in [-0.39, 0.29) is 5.91 Å². The van der Waals surface area contributed by atoms with E-state index in [1.54, 1.807) is 24.3 Å². The average molecular weight is 397 g/mol. The van der Waals surface area contributed by atoms with Crippen molar-refractivity contribution >= 4 is 28.3 Å². The number of carbonyl (C=O) groups is 2. The lowest BCUT2D eigenvalue weighted by atomic mass is 9.96. The van der Waals surface area contributed by atoms with Gasteiger partial charge in [0.2, 0.25) is 0 Å². The summed E-state index contributed by atoms with van der Waals surface area (Å²) in [4.78, 5) is 23.8. The van der Waals surface area contributed by atoms with Gasteiger partial charge in [0, 0.05) is 17.3 Å². The topological polar surface area (TPSA) is 75.6 Å². The van der Waals surface area contributed by atoms with Gasteiger partial charge in [0.05, 0.1) is 0 Å². The van der Waals surface area contributed by atoms with Crippen LogP contribution in [0.5, 0.6) is 5.75 Å². The normalized spacial score (nSPS) is 10.5. The lowest BCUT2D eigenvalue weighted by Crippen LogP contribution is -2.13. The van der Waals surface area contributed by atoms with Crippen molar-refractivity contribution < 1.29 is 19.4 Å². The van der Waals surface area contributed by atoms with E-state index in [9.17, 15) is 9.59 Å². The molecule has 0 unspecified atom stereocenters. The Morgan fingerprint density at radius 3 is 2.37 bits per heavy atom. The number of rotatable bonds is 6. The maximum absolute atomic E-state index is 13.1. The van der Waals surface area contributed by atoms with Crippen LogP contribution < -0.4 is 10.1 Å². The van der Waals surface area contributed by atoms with Crippen LogP contribution in [0.15, 0.2) is 91.0 Å². The number of carboxylic acids is 1. The Morgan fingerprint density at radius 1 is 0.800 bits per heavy atom. The molecule has 5 nitrogen and oxygen atoms in total. The predicted molar refractivity (Wildman–Crippen MR) is 117 cm³/mol. The zero-order valence-electron chi connectivity index (χ0n) is 16.0. The number of fused-ring (bicyclic) bond motifs is 1. The van der Waals surface area contributed by atoms with Gasteiger partial charge in [-0.25, -0.2) is 4.79 Å². The highest BCUT2D eigenvalue weighted by molar-refractivity contribution is 6.14. The average Bonchev–Trinajstić information content (AvgIpc) is 2.77. The molecule has 4 rings (SSSR count). The minimum Gasteiger partial charge on any atom is -0.482 e. The molecule has 30 heavy (non-hydrogen) atoms. The fourth-order valence-corrected chi connectivity index (χ4v) is 3.30. The van der Waals surface area contributed by atoms with E-state index in [1.807, 2.05) is 60.7 Å². The van der Waals surface area contributed by atoms with Crippen LogP contribution in [0.25, 0.3) is 21.9 Å². The van der Waals surface area contributed by atoms with E-state index in [4.69, 9.17) is 9.84 Å². The summed E-state index contributed by atoms with van der Waals surface area (Å²) in [5.41, 5.74) is 3.07. The molecule has 0 aliphatic rings. The standard InChI is InChI=1S/C25H19NO4/c27-24(28)16-30-21-11-6-10-20(15-21)26-25(29)23-14-19(17-7-2-1-3-8-17)13-18-9-4-5-12-22(18)23/h1-15H,16H2,(H,26,29)(H,27,28). The van der Waals surface area contributed by atoms with E-state index in [0.29, 0.717) is 17.0 Å². The highest BCUT2D eigenvalue weighted by Crippen LogP contribution is 2.29. The molecule has 4 aromatic rings. The summed E-state index contributed by atoms with van der Waals surface area (Å²) < 4.78 is 5.19. The van der Waals surface area contributed by atoms with Crippen LogP contribution in [0, 0.1) is 0 Å². The molecule has 0 aliphatic carbocycles. The van der Waals surface area contributed by atoms with Crippen LogP contribution in [0.3, 0.4) is 0 Å². The third kappa shape index (κ3) is 4.31. The Balaban J connectivity index is 1.68. The fourth-order valence-electron chi connectivity index (χ4n) is 3.30. The van der Waals surface area contributed by atoms with Gasteiger partial charge >= 0.3 is 5.97 Å². The number of nitrogens with one attached hydrogen (secondary N) is 1. The number of ether oxygens (including phenoxy) is 1. The minimum atomic E-state index is -1.06. The molecule has 1 amide bonds. The smallest absolute Gasteiger partial charge is 0.341 e. The van der Waals surface area contributed by atoms with Gasteiger partial charge < -0.3 is 15.2 Å². The molecule has 0 saturated carbocycles. The largest absolute Gasteiger partial charge is 0.482 e. The first-order valence-electron chi connectivity index (χ1n) is 9.44. The molecule has 0 aliphatic heterocycles. The van der Waals surface area contributed by atoms with Crippen molar-refractivity contribution in [2.75, 3.05) is 11.9 Å². The molecule has 148 valence electrons. The van der Waals surface area contributed by atoms with Gasteiger partial charge in [-0.1, -0.05) is 60.7 Å². The zero-order valence-corrected chi connectivity index (χ0v) is 16.0. The third-order valence-corrected chi connectivity index (χ3v) is 4.67. The van der Waals surface area contributed by atoms with E-state index >= 15 is 0 Å². The van der Waals surface area contributed by atoms with Gasteiger partial charge in [-0.05, 0) is 46.2 Å². The Labute approximate surface area is 173 Å². The van der Waals surface area contributed by atoms with Crippen molar-refractivity contribution in [1.82, 2.24) is 0 Å². The van der Waals surface area contributed by atoms with Crippen molar-refractivity contribution in [2.24, 2.45) is 0 Å². The van der Waals surface area contributed by atoms with Crippen LogP contribution in [0.1, 0.15) is 10.4 Å². The Morgan fingerprint density at radius 2 is 1.57 bits per heavy atom. The molecule has 0 spiro atoms. The number of amides is 1. The van der Waals surface area contributed by atoms with Gasteiger partial charge in [0.25, 0.3) is 5.91 Å². The second-order valence-electron chi connectivity index (χ2n) is 6.78. The van der Waals surface area contributed by atoms with Gasteiger partial charge in [-0.15, -0.1) is 0 Å². The Bertz CT molecular complexity index is 1220. The van der Waals surface area contributed by atoms with Crippen molar-refractivity contribution in [1.29, 1.82) is 0 Å². The Kier molecular flexibility index (Phi) is 5.44. The fraction of sp³-hybridized carbons (Fsp3) is 0.0400. The molecular formula is C25H19NO4. The number of carboxylic acid groups (broad SMARTS) is 1. The van der Waals surface area contributed by atoms with Crippen LogP contribution in [0.2, 0.25) is 0 Å². The highest BCUT2D eigenvalue weighted by atomic mass is 16.5. The molecule has 2 N–H and O–H groups in total. The summed E-state index contributed by atoms with van der Waals surface area (Å²) in [6.45, 7) is -0.443. The molecule has 0 heterocycles. The quantitative estimate of drug-likeness (QED) is 0.468. The lowest BCUT2D eigenvalue weighted by molar-refractivity contribution is -0.139. The number of hydrogen-bond donors (Lipinski definition) is 2. The monoisotopic (exact) mass is 397 g/mol. The predicted octanol–water partition coefficient (Wildman–Crippen LogP) is 5.22. The molecule has 5 heteroatoms. The van der Waals surface area contributed by atoms with E-state index in [1.165, 1.54) is 0 Å². The highest BCUT2D eigenvalue weighted by Gasteiger charge is 2.13. The maximum atomic E-state index is 13.1. The Hall–Kier alpha value is -4.12. The lowest BCUT2D eigenvalue weighted by Gasteiger charge is -2.12. The molecule has 0 saturated heterocycles. The van der Waals surface area contributed by atoms with Crippen molar-refractivity contribution in [3.05, 3.63) is 96.6 Å². The van der Waals surface area contributed by atoms with Crippen molar-refractivity contribution in [3.8, 4) is 16.9 Å². The summed E-state index contributed by atoms with van der Waals surface area (Å²) in [5, 5.41) is 13.5. The molecule has 0 bridgehead atoms. The number of aliphatic carboxylic acids is 1. The van der Waals surface area contributed by atoms with Gasteiger partial charge in [-0.3, -0.25) is 4.79 Å². The van der Waals surface area contributed by atoms with Crippen LogP contribution in [-0.2, 0) is 4.79 Å². The minimum absolute atomic E-state index is 0.251. The molecule has 4 aromatic carbocycles. The number of carbonyl (C=O) groups excluding carboxylic acids is 1. The SMILES string of the molecule is O=C(O)COc1cccc(NC(=O)c2cc(-c3ccccc3)cc3ccccc23)c1. The molecule has 0 fully saturated rings. The van der Waals surface area contributed by atoms with Crippen molar-refractivity contribution in [2.45, 2.75) is 0 Å². The maximum Gasteiger partial charge on any atom is 0.341 e. The summed E-state index contributed by atoms with van der Waals surface area (Å²) in [6.07, 6.45) is 0. The van der Waals surface area contributed by atoms with E-state index < -0.39 is 12.6 Å². The number of anilines is 1. The summed E-state index contributed by atoms with van der Waals surface area (Å²) >= 11 is 0. The molecule has 0 atom stereocenters. The van der Waals surface area contributed by atoms with Crippen LogP contribution >= 0.6 is 0 Å². The van der Waals surface area contributed by atoms with Gasteiger partial charge in [0.15, 0.2) is 6.61 Å². The van der Waals surface area contributed by atoms with Crippen LogP contribution in [-0.4, -0.2) is 23.6 Å². The first-order valence-corrected chi connectivity index (χ1v) is 9.44. The zero-order chi connectivity index (χ0) is 20.9. The van der Waals surface area contributed by atoms with Gasteiger partial charge in [0.1, 0.15) is 5.75 Å².